The second-order valence-electron chi connectivity index (χ2n) is 6.10. The van der Waals surface area contributed by atoms with Crippen molar-refractivity contribution in [3.05, 3.63) is 24.8 Å². The van der Waals surface area contributed by atoms with Crippen LogP contribution in [0.3, 0.4) is 0 Å². The molecule has 0 heterocycles. The van der Waals surface area contributed by atoms with Crippen LogP contribution >= 0.6 is 0 Å². The van der Waals surface area contributed by atoms with Gasteiger partial charge in [0.05, 0.1) is 6.61 Å². The predicted octanol–water partition coefficient (Wildman–Crippen LogP) is 4.63. The number of methoxy groups -OCH3 is 1. The lowest BCUT2D eigenvalue weighted by Gasteiger charge is -2.09. The van der Waals surface area contributed by atoms with E-state index in [4.69, 9.17) is 9.47 Å². The van der Waals surface area contributed by atoms with Crippen molar-refractivity contribution in [1.82, 2.24) is 0 Å². The molecule has 0 saturated carbocycles. The first-order chi connectivity index (χ1) is 11.6. The quantitative estimate of drug-likeness (QED) is 0.234. The fourth-order valence-electron chi connectivity index (χ4n) is 2.30. The normalized spacial score (nSPS) is 12.2. The van der Waals surface area contributed by atoms with E-state index in [1.165, 1.54) is 0 Å². The molecule has 0 spiro atoms. The summed E-state index contributed by atoms with van der Waals surface area (Å²) < 4.78 is 10.3. The van der Waals surface area contributed by atoms with E-state index in [0.717, 1.165) is 51.6 Å². The van der Waals surface area contributed by atoms with Crippen LogP contribution in [-0.2, 0) is 19.1 Å². The maximum Gasteiger partial charge on any atom is 0.305 e. The minimum atomic E-state index is -0.158. The molecule has 4 heteroatoms. The minimum Gasteiger partial charge on any atom is -0.466 e. The summed E-state index contributed by atoms with van der Waals surface area (Å²) in [5, 5.41) is 0. The van der Waals surface area contributed by atoms with Gasteiger partial charge in [0.1, 0.15) is 5.78 Å². The van der Waals surface area contributed by atoms with Gasteiger partial charge in [0.15, 0.2) is 0 Å². The van der Waals surface area contributed by atoms with Gasteiger partial charge in [-0.25, -0.2) is 0 Å². The molecule has 138 valence electrons. The molecule has 0 aromatic rings. The fraction of sp³-hybridized carbons (Fsp3) is 0.700. The zero-order chi connectivity index (χ0) is 18.0. The van der Waals surface area contributed by atoms with E-state index < -0.39 is 0 Å². The van der Waals surface area contributed by atoms with Gasteiger partial charge < -0.3 is 14.3 Å². The lowest BCUT2D eigenvalue weighted by Crippen LogP contribution is -2.05. The number of rotatable bonds is 16. The summed E-state index contributed by atoms with van der Waals surface area (Å²) in [6.07, 6.45) is 13.7. The molecule has 0 radical (unpaired) electrons. The molecule has 0 aromatic heterocycles. The highest BCUT2D eigenvalue weighted by atomic mass is 16.5. The van der Waals surface area contributed by atoms with Gasteiger partial charge >= 0.3 is 5.97 Å². The van der Waals surface area contributed by atoms with Crippen molar-refractivity contribution in [2.45, 2.75) is 64.7 Å². The Bertz CT molecular complexity index is 374. The second-order valence-corrected chi connectivity index (χ2v) is 6.10. The third-order valence-corrected chi connectivity index (χ3v) is 3.83. The number of ketones is 1. The van der Waals surface area contributed by atoms with Crippen molar-refractivity contribution in [2.24, 2.45) is 5.92 Å². The molecule has 0 fully saturated rings. The number of hydrogen-bond acceptors (Lipinski definition) is 4. The molecule has 0 saturated heterocycles. The number of esters is 1. The molecule has 0 aliphatic carbocycles. The summed E-state index contributed by atoms with van der Waals surface area (Å²) >= 11 is 0. The number of allylic oxidation sites excluding steroid dienone is 3. The SMILES string of the molecule is C=CC(CC/C=C/CCCOC(=O)CCCCC(C)=O)CCOC. The average molecular weight is 338 g/mol. The summed E-state index contributed by atoms with van der Waals surface area (Å²) in [6.45, 7) is 6.68. The Morgan fingerprint density at radius 3 is 2.38 bits per heavy atom. The molecule has 0 rings (SSSR count). The van der Waals surface area contributed by atoms with E-state index >= 15 is 0 Å². The third-order valence-electron chi connectivity index (χ3n) is 3.83. The number of ether oxygens (including phenoxy) is 2. The highest BCUT2D eigenvalue weighted by molar-refractivity contribution is 5.75. The Hall–Kier alpha value is -1.42. The lowest BCUT2D eigenvalue weighted by atomic mass is 10.00. The van der Waals surface area contributed by atoms with E-state index in [0.29, 0.717) is 25.4 Å². The Balaban J connectivity index is 3.49. The average Bonchev–Trinajstić information content (AvgIpc) is 2.56. The molecule has 4 nitrogen and oxygen atoms in total. The first kappa shape index (κ1) is 22.6. The lowest BCUT2D eigenvalue weighted by molar-refractivity contribution is -0.144. The predicted molar refractivity (Wildman–Crippen MR) is 97.9 cm³/mol. The van der Waals surface area contributed by atoms with Crippen LogP contribution in [0.1, 0.15) is 64.7 Å². The van der Waals surface area contributed by atoms with Gasteiger partial charge in [0.25, 0.3) is 0 Å². The van der Waals surface area contributed by atoms with Gasteiger partial charge in [-0.3, -0.25) is 4.79 Å². The van der Waals surface area contributed by atoms with Gasteiger partial charge in [0, 0.05) is 26.6 Å². The van der Waals surface area contributed by atoms with E-state index in [1.807, 2.05) is 6.08 Å². The molecule has 0 aromatic carbocycles. The summed E-state index contributed by atoms with van der Waals surface area (Å²) in [5.41, 5.74) is 0. The van der Waals surface area contributed by atoms with Gasteiger partial charge in [0.2, 0.25) is 0 Å². The highest BCUT2D eigenvalue weighted by Gasteiger charge is 2.03. The number of carbonyl (C=O) groups excluding carboxylic acids is 2. The molecule has 0 N–H and O–H groups in total. The molecule has 24 heavy (non-hydrogen) atoms. The number of Topliss-reactive ketones (excluding diaryl/α,β-unsaturated/α-hetero) is 1. The van der Waals surface area contributed by atoms with Gasteiger partial charge in [-0.2, -0.15) is 0 Å². The first-order valence-corrected chi connectivity index (χ1v) is 9.01. The number of unbranched alkanes of at least 4 members (excludes halogenated alkanes) is 2. The summed E-state index contributed by atoms with van der Waals surface area (Å²) in [6, 6.07) is 0. The highest BCUT2D eigenvalue weighted by Crippen LogP contribution is 2.13. The van der Waals surface area contributed by atoms with E-state index in [9.17, 15) is 9.59 Å². The monoisotopic (exact) mass is 338 g/mol. The Morgan fingerprint density at radius 1 is 1.00 bits per heavy atom. The van der Waals surface area contributed by atoms with Crippen LogP contribution in [0, 0.1) is 5.92 Å². The molecular weight excluding hydrogens is 304 g/mol. The van der Waals surface area contributed by atoms with E-state index in [2.05, 4.69) is 18.7 Å². The van der Waals surface area contributed by atoms with Crippen molar-refractivity contribution < 1.29 is 19.1 Å². The van der Waals surface area contributed by atoms with Crippen LogP contribution in [0.2, 0.25) is 0 Å². The summed E-state index contributed by atoms with van der Waals surface area (Å²) in [7, 11) is 1.72. The van der Waals surface area contributed by atoms with Crippen molar-refractivity contribution in [3.63, 3.8) is 0 Å². The van der Waals surface area contributed by atoms with Gasteiger partial charge in [-0.1, -0.05) is 18.2 Å². The van der Waals surface area contributed by atoms with Crippen LogP contribution in [0.4, 0.5) is 0 Å². The van der Waals surface area contributed by atoms with E-state index in [-0.39, 0.29) is 11.8 Å². The van der Waals surface area contributed by atoms with Gasteiger partial charge in [-0.15, -0.1) is 6.58 Å². The second kappa shape index (κ2) is 16.4. The third kappa shape index (κ3) is 15.5. The maximum atomic E-state index is 11.5. The molecule has 0 aliphatic rings. The Kier molecular flexibility index (Phi) is 15.5. The molecular formula is C20H34O4. The smallest absolute Gasteiger partial charge is 0.305 e. The zero-order valence-corrected chi connectivity index (χ0v) is 15.4. The Labute approximate surface area is 147 Å². The van der Waals surface area contributed by atoms with Crippen LogP contribution in [-0.4, -0.2) is 32.1 Å². The first-order valence-electron chi connectivity index (χ1n) is 9.01. The standard InChI is InChI=1S/C20H34O4/c1-4-19(15-17-23-3)13-8-6-5-7-11-16-24-20(22)14-10-9-12-18(2)21/h4-6,19H,1,7-17H2,2-3H3/b6-5+. The summed E-state index contributed by atoms with van der Waals surface area (Å²) in [5.74, 6) is 0.529. The summed E-state index contributed by atoms with van der Waals surface area (Å²) in [4.78, 5) is 22.2. The zero-order valence-electron chi connectivity index (χ0n) is 15.4. The molecule has 1 unspecified atom stereocenters. The van der Waals surface area contributed by atoms with Crippen LogP contribution < -0.4 is 0 Å². The Morgan fingerprint density at radius 2 is 1.71 bits per heavy atom. The fourth-order valence-corrected chi connectivity index (χ4v) is 2.30. The number of hydrogen-bond donors (Lipinski definition) is 0. The van der Waals surface area contributed by atoms with Crippen molar-refractivity contribution in [3.8, 4) is 0 Å². The van der Waals surface area contributed by atoms with Crippen molar-refractivity contribution in [2.75, 3.05) is 20.3 Å². The van der Waals surface area contributed by atoms with E-state index in [1.54, 1.807) is 14.0 Å². The van der Waals surface area contributed by atoms with Crippen LogP contribution in [0.25, 0.3) is 0 Å². The molecule has 0 aliphatic heterocycles. The molecule has 1 atom stereocenters. The minimum absolute atomic E-state index is 0.158. The molecule has 0 amide bonds. The number of carbonyl (C=O) groups is 2. The van der Waals surface area contributed by atoms with Crippen molar-refractivity contribution in [1.29, 1.82) is 0 Å². The largest absolute Gasteiger partial charge is 0.466 e. The molecule has 0 bridgehead atoms. The van der Waals surface area contributed by atoms with Crippen LogP contribution in [0.15, 0.2) is 24.8 Å². The van der Waals surface area contributed by atoms with Crippen molar-refractivity contribution >= 4 is 11.8 Å². The van der Waals surface area contributed by atoms with Gasteiger partial charge in [-0.05, 0) is 57.8 Å². The maximum absolute atomic E-state index is 11.5. The van der Waals surface area contributed by atoms with Crippen LogP contribution in [0.5, 0.6) is 0 Å². The topological polar surface area (TPSA) is 52.6 Å².